The fourth-order valence-electron chi connectivity index (χ4n) is 14.8. The Morgan fingerprint density at radius 3 is 1.70 bits per heavy atom. The van der Waals surface area contributed by atoms with E-state index in [2.05, 4.69) is 62.5 Å². The molecular weight excluding hydrogens is 1690 g/mol. The van der Waals surface area contributed by atoms with Crippen LogP contribution in [0.3, 0.4) is 0 Å². The lowest BCUT2D eigenvalue weighted by Crippen LogP contribution is -2.67. The Morgan fingerprint density at radius 1 is 0.640 bits per heavy atom. The number of amides is 7. The van der Waals surface area contributed by atoms with Crippen molar-refractivity contribution in [2.24, 2.45) is 16.7 Å². The van der Waals surface area contributed by atoms with Gasteiger partial charge in [-0.1, -0.05) is 59.2 Å². The second-order valence-electron chi connectivity index (χ2n) is 30.9. The van der Waals surface area contributed by atoms with Crippen LogP contribution in [-0.4, -0.2) is 257 Å². The smallest absolute Gasteiger partial charge is 0.481 e. The van der Waals surface area contributed by atoms with Gasteiger partial charge in [0, 0.05) is 91.2 Å². The zero-order valence-corrected chi connectivity index (χ0v) is 70.7. The van der Waals surface area contributed by atoms with Crippen LogP contribution in [0.5, 0.6) is 0 Å². The quantitative estimate of drug-likeness (QED) is 0.00951. The third-order valence-electron chi connectivity index (χ3n) is 21.8. The molecule has 1 saturated carbocycles. The van der Waals surface area contributed by atoms with Crippen LogP contribution in [0.15, 0.2) is 71.2 Å². The molecule has 8 rings (SSSR count). The number of fused-ring (bicyclic) bond motifs is 1. The van der Waals surface area contributed by atoms with Crippen molar-refractivity contribution >= 4 is 151 Å². The highest BCUT2D eigenvalue weighted by molar-refractivity contribution is 8.76. The van der Waals surface area contributed by atoms with Gasteiger partial charge < -0.3 is 116 Å². The molecule has 2 saturated heterocycles. The standard InChI is InChI=1S/C80H101N13O30S2/c1-40-27-29-79-38-119-75(115)64(41(2)28-30-117-61(102)9-7-8-10-62(103)122-55-34-57(121-56(79)33-40)80(39-120-80)78(55,79)6)123-77(116)118-31-32-124-125-37-54(74(113)114)91-71(109)50(20-13-44(5)96)87-70(108)52(23-26-60(100)101)89-68(106)49(19-12-43(4)95)86-69(107)51(22-25-59(98)99)88-67(105)48(18-11-42(3)94)85-58(97)24-21-53(73(111)112)90-66(104)45-14-16-46(17-15-45)82-35-47-36-83-65-63(84-47)72(110)93-76(81)92-65/h7-10,14-17,33,36,41,48-57,64,82H,11-13,18-32,34-35,37-39H2,1-6H3,(H,85,97)(H,86,107)(H,87,108)(H,88,105)(H,89,106)(H,90,104)(H,91,109)(H,98,99)(H,100,101)(H,111,112)(H,113,114)(H3,81,83,92,93,110)/b9-7+,10-8-/t41-,48+,49+,50+,51+,52+,53+,54+,55-,56-,57-,64+,78-,79-,80+/m1/s1. The van der Waals surface area contributed by atoms with Gasteiger partial charge in [0.15, 0.2) is 11.2 Å². The van der Waals surface area contributed by atoms with Crippen molar-refractivity contribution in [1.29, 1.82) is 0 Å². The summed E-state index contributed by atoms with van der Waals surface area (Å²) in [5, 5.41) is 59.0. The molecule has 7 amide bonds. The van der Waals surface area contributed by atoms with E-state index in [-0.39, 0.29) is 67.4 Å². The predicted molar refractivity (Wildman–Crippen MR) is 437 cm³/mol. The molecular formula is C80H101N13O30S2. The number of ketones is 3. The van der Waals surface area contributed by atoms with Crippen LogP contribution < -0.4 is 53.8 Å². The number of esters is 3. The van der Waals surface area contributed by atoms with E-state index in [1.54, 1.807) is 6.92 Å². The number of carboxylic acid groups (broad SMARTS) is 4. The van der Waals surface area contributed by atoms with Gasteiger partial charge in [0.05, 0.1) is 49.3 Å². The monoisotopic (exact) mass is 1790 g/mol. The number of cyclic esters (lactones) is 2. The van der Waals surface area contributed by atoms with E-state index < -0.39 is 284 Å². The number of ether oxygens (including phenoxy) is 7. The molecule has 43 nitrogen and oxygen atoms in total. The molecule has 15 N–H and O–H groups in total. The molecule has 1 aromatic carbocycles. The zero-order chi connectivity index (χ0) is 91.6. The van der Waals surface area contributed by atoms with E-state index >= 15 is 0 Å². The number of nitrogens with zero attached hydrogens (tertiary/aromatic N) is 3. The van der Waals surface area contributed by atoms with Crippen LogP contribution in [0.2, 0.25) is 0 Å². The van der Waals surface area contributed by atoms with Crippen LogP contribution in [0.1, 0.15) is 160 Å². The number of benzene rings is 1. The Hall–Kier alpha value is -12.3. The molecule has 3 aromatic rings. The summed E-state index contributed by atoms with van der Waals surface area (Å²) < 4.78 is 41.4. The van der Waals surface area contributed by atoms with Crippen LogP contribution in [0, 0.1) is 16.7 Å². The molecule has 2 spiro atoms. The van der Waals surface area contributed by atoms with Crippen LogP contribution in [0.4, 0.5) is 16.4 Å². The molecule has 2 aromatic heterocycles. The van der Waals surface area contributed by atoms with E-state index in [0.29, 0.717) is 30.8 Å². The minimum absolute atomic E-state index is 0.00707. The average molecular weight is 1790 g/mol. The number of carboxylic acids is 4. The first-order valence-electron chi connectivity index (χ1n) is 40.0. The maximum absolute atomic E-state index is 14.4. The van der Waals surface area contributed by atoms with Crippen molar-refractivity contribution in [1.82, 2.24) is 57.2 Å². The van der Waals surface area contributed by atoms with Crippen molar-refractivity contribution in [3.8, 4) is 0 Å². The van der Waals surface area contributed by atoms with Gasteiger partial charge in [0.25, 0.3) is 11.5 Å². The number of rotatable bonds is 43. The van der Waals surface area contributed by atoms with Gasteiger partial charge in [0.1, 0.15) is 84.6 Å². The number of nitrogens with two attached hydrogens (primary N) is 1. The van der Waals surface area contributed by atoms with Crippen LogP contribution in [-0.2, 0) is 116 Å². The summed E-state index contributed by atoms with van der Waals surface area (Å²) in [4.78, 5) is 265. The van der Waals surface area contributed by atoms with Gasteiger partial charge in [-0.3, -0.25) is 52.9 Å². The third kappa shape index (κ3) is 27.6. The second kappa shape index (κ2) is 45.4. The van der Waals surface area contributed by atoms with Gasteiger partial charge in [-0.25, -0.2) is 38.7 Å². The lowest BCUT2D eigenvalue weighted by molar-refractivity contribution is -0.234. The first kappa shape index (κ1) is 98.2. The van der Waals surface area contributed by atoms with E-state index in [9.17, 15) is 112 Å². The Kier molecular flexibility index (Phi) is 35.7. The van der Waals surface area contributed by atoms with E-state index in [4.69, 9.17) is 38.9 Å². The number of carbonyl (C=O) groups is 18. The highest BCUT2D eigenvalue weighted by atomic mass is 33.1. The summed E-state index contributed by atoms with van der Waals surface area (Å²) in [5.41, 5.74) is 3.93. The number of aromatic amines is 1. The van der Waals surface area contributed by atoms with Gasteiger partial charge in [-0.2, -0.15) is 4.98 Å². The van der Waals surface area contributed by atoms with Crippen molar-refractivity contribution in [3.05, 3.63) is 88.0 Å². The predicted octanol–water partition coefficient (Wildman–Crippen LogP) is 1.43. The minimum atomic E-state index is -1.92. The van der Waals surface area contributed by atoms with E-state index in [0.717, 1.165) is 54.0 Å². The maximum Gasteiger partial charge on any atom is 0.509 e. The minimum Gasteiger partial charge on any atom is -0.481 e. The molecule has 5 heterocycles. The summed E-state index contributed by atoms with van der Waals surface area (Å²) in [7, 11) is 1.84. The average Bonchev–Trinajstić information content (AvgIpc) is 1.48. The van der Waals surface area contributed by atoms with Crippen molar-refractivity contribution < 1.29 is 140 Å². The summed E-state index contributed by atoms with van der Waals surface area (Å²) >= 11 is 0. The van der Waals surface area contributed by atoms with Gasteiger partial charge in [0.2, 0.25) is 47.5 Å². The number of aliphatic carboxylic acids is 4. The normalized spacial score (nSPS) is 23.0. The SMILES string of the molecule is CC(=O)CC[C@H](NC(=O)CC[C@H](NC(=O)c1ccc(NCc2cnc3nc(N)[nH]c(=O)c3n2)cc1)C(=O)O)C(=O)N[C@@H](CCC(=O)O)C(=O)N[C@@H](CCC(C)=O)C(=O)N[C@@H](CCC(=O)O)C(=O)N[C@@H](CCC(C)=O)C(=O)N[C@@H](CSSCCOC(=O)O[C@@H]1C(=O)OC[C@]23CCC(C)=C[C@H]2O[C@@H]2C[C@@H](OC(=O)/C=C\C=C\C(=O)OCC[C@H]1C)[C@@]3(C)[C@]21CO1)C(=O)O. The van der Waals surface area contributed by atoms with Crippen LogP contribution in [0.25, 0.3) is 11.2 Å². The fourth-order valence-corrected chi connectivity index (χ4v) is 16.7. The van der Waals surface area contributed by atoms with Gasteiger partial charge >= 0.3 is 47.9 Å². The number of anilines is 2. The molecule has 15 atom stereocenters. The third-order valence-corrected chi connectivity index (χ3v) is 24.2. The lowest BCUT2D eigenvalue weighted by Gasteiger charge is -2.58. The second-order valence-corrected chi connectivity index (χ2v) is 33.6. The fraction of sp³-hybridized carbons (Fsp3) is 0.550. The zero-order valence-electron chi connectivity index (χ0n) is 69.1. The van der Waals surface area contributed by atoms with Gasteiger partial charge in [-0.05, 0) is 110 Å². The molecule has 2 aliphatic carbocycles. The molecule has 3 aliphatic heterocycles. The van der Waals surface area contributed by atoms with E-state index in [1.165, 1.54) is 48.7 Å². The first-order valence-corrected chi connectivity index (χ1v) is 42.5. The summed E-state index contributed by atoms with van der Waals surface area (Å²) in [6.45, 7) is 8.30. The maximum atomic E-state index is 14.4. The molecule has 2 bridgehead atoms. The number of epoxide rings is 1. The molecule has 678 valence electrons. The molecule has 3 fully saturated rings. The molecule has 125 heavy (non-hydrogen) atoms. The van der Waals surface area contributed by atoms with E-state index in [1.807, 2.05) is 19.9 Å². The Morgan fingerprint density at radius 2 is 1.17 bits per heavy atom. The summed E-state index contributed by atoms with van der Waals surface area (Å²) in [6.07, 6.45) is -2.38. The van der Waals surface area contributed by atoms with Gasteiger partial charge in [-0.15, -0.1) is 0 Å². The largest absolute Gasteiger partial charge is 0.509 e. The Balaban J connectivity index is 0.856. The number of Topliss-reactive ketones (excluding diaryl/α,β-unsaturated/α-hetero) is 3. The number of allylic oxidation sites excluding steroid dienone is 3. The molecule has 0 unspecified atom stereocenters. The summed E-state index contributed by atoms with van der Waals surface area (Å²) in [6, 6.07) is -6.89. The lowest BCUT2D eigenvalue weighted by atomic mass is 9.51. The number of hydrogen-bond donors (Lipinski definition) is 14. The number of hydrogen-bond acceptors (Lipinski definition) is 33. The topological polar surface area (TPSA) is 650 Å². The van der Waals surface area contributed by atoms with Crippen molar-refractivity contribution in [2.45, 2.75) is 223 Å². The van der Waals surface area contributed by atoms with Crippen LogP contribution >= 0.6 is 21.6 Å². The number of nitrogen functional groups attached to an aromatic ring is 1. The summed E-state index contributed by atoms with van der Waals surface area (Å²) in [5.74, 6) is -19.7. The Labute approximate surface area is 721 Å². The van der Waals surface area contributed by atoms with Crippen molar-refractivity contribution in [2.75, 3.05) is 49.0 Å². The number of nitrogens with one attached hydrogen (secondary N) is 9. The molecule has 0 radical (unpaired) electrons. The molecule has 45 heteroatoms. The first-order chi connectivity index (χ1) is 59.2. The molecule has 5 aliphatic rings. The Bertz CT molecular complexity index is 4750. The van der Waals surface area contributed by atoms with Crippen molar-refractivity contribution in [3.63, 3.8) is 0 Å². The number of H-pyrrole nitrogens is 1. The number of aromatic nitrogens is 4. The highest BCUT2D eigenvalue weighted by Crippen LogP contribution is 2.72. The highest BCUT2D eigenvalue weighted by Gasteiger charge is 2.83. The number of carbonyl (C=O) groups excluding carboxylic acids is 14.